The summed E-state index contributed by atoms with van der Waals surface area (Å²) in [7, 11) is 1.62. The zero-order valence-corrected chi connectivity index (χ0v) is 11.7. The van der Waals surface area contributed by atoms with Crippen molar-refractivity contribution in [1.29, 1.82) is 0 Å². The molecule has 0 saturated carbocycles. The molecular weight excluding hydrogens is 258 g/mol. The number of rotatable bonds is 10. The monoisotopic (exact) mass is 279 g/mol. The summed E-state index contributed by atoms with van der Waals surface area (Å²) in [5, 5.41) is 11.9. The van der Waals surface area contributed by atoms with Gasteiger partial charge >= 0.3 is 5.97 Å². The van der Waals surface area contributed by atoms with Crippen LogP contribution in [-0.2, 0) is 9.53 Å². The Labute approximate surface area is 118 Å². The van der Waals surface area contributed by atoms with Crippen LogP contribution in [0.1, 0.15) is 29.6 Å². The quantitative estimate of drug-likeness (QED) is 0.504. The third-order valence-corrected chi connectivity index (χ3v) is 2.94. The lowest BCUT2D eigenvalue weighted by Crippen LogP contribution is -2.38. The fourth-order valence-electron chi connectivity index (χ4n) is 1.89. The largest absolute Gasteiger partial charge is 0.481 e. The van der Waals surface area contributed by atoms with Gasteiger partial charge in [0.05, 0.1) is 6.04 Å². The van der Waals surface area contributed by atoms with Crippen LogP contribution in [0.15, 0.2) is 30.3 Å². The Hall–Kier alpha value is -1.72. The molecule has 0 amide bonds. The van der Waals surface area contributed by atoms with Crippen LogP contribution >= 0.6 is 0 Å². The van der Waals surface area contributed by atoms with E-state index < -0.39 is 12.0 Å². The maximum Gasteiger partial charge on any atom is 0.303 e. The molecule has 0 saturated heterocycles. The van der Waals surface area contributed by atoms with Gasteiger partial charge in [-0.1, -0.05) is 30.3 Å². The Bertz CT molecular complexity index is 419. The van der Waals surface area contributed by atoms with Crippen LogP contribution in [0.25, 0.3) is 0 Å². The van der Waals surface area contributed by atoms with Crippen LogP contribution in [0, 0.1) is 0 Å². The molecule has 1 aromatic carbocycles. The molecule has 2 N–H and O–H groups in total. The van der Waals surface area contributed by atoms with Gasteiger partial charge in [-0.2, -0.15) is 0 Å². The van der Waals surface area contributed by atoms with E-state index in [1.807, 2.05) is 6.07 Å². The van der Waals surface area contributed by atoms with Gasteiger partial charge in [-0.05, 0) is 19.4 Å². The highest BCUT2D eigenvalue weighted by atomic mass is 16.5. The first-order valence-electron chi connectivity index (χ1n) is 6.68. The first kappa shape index (κ1) is 16.3. The number of nitrogens with one attached hydrogen (secondary N) is 1. The van der Waals surface area contributed by atoms with Gasteiger partial charge in [0.15, 0.2) is 5.78 Å². The number of aliphatic carboxylic acids is 1. The van der Waals surface area contributed by atoms with Gasteiger partial charge < -0.3 is 15.2 Å². The van der Waals surface area contributed by atoms with E-state index >= 15 is 0 Å². The lowest BCUT2D eigenvalue weighted by molar-refractivity contribution is -0.137. The number of Topliss-reactive ketones (excluding diaryl/α,β-unsaturated/α-hetero) is 1. The van der Waals surface area contributed by atoms with Crippen molar-refractivity contribution in [2.24, 2.45) is 0 Å². The Balaban J connectivity index is 2.60. The van der Waals surface area contributed by atoms with Gasteiger partial charge in [-0.3, -0.25) is 9.59 Å². The van der Waals surface area contributed by atoms with Crippen LogP contribution < -0.4 is 5.32 Å². The van der Waals surface area contributed by atoms with E-state index in [0.717, 1.165) is 6.42 Å². The van der Waals surface area contributed by atoms with Gasteiger partial charge in [0.2, 0.25) is 0 Å². The number of carbonyl (C=O) groups excluding carboxylic acids is 1. The SMILES string of the molecule is COCCCNC(CCC(=O)O)C(=O)c1ccccc1. The molecule has 0 aliphatic carbocycles. The smallest absolute Gasteiger partial charge is 0.303 e. The van der Waals surface area contributed by atoms with Crippen molar-refractivity contribution in [2.75, 3.05) is 20.3 Å². The average molecular weight is 279 g/mol. The van der Waals surface area contributed by atoms with Gasteiger partial charge in [0.25, 0.3) is 0 Å². The Morgan fingerprint density at radius 3 is 2.60 bits per heavy atom. The summed E-state index contributed by atoms with van der Waals surface area (Å²) in [6.07, 6.45) is 1.04. The lowest BCUT2D eigenvalue weighted by atomic mass is 10.00. The average Bonchev–Trinajstić information content (AvgIpc) is 2.46. The second kappa shape index (κ2) is 9.23. The highest BCUT2D eigenvalue weighted by Crippen LogP contribution is 2.08. The summed E-state index contributed by atoms with van der Waals surface area (Å²) in [5.74, 6) is -0.959. The number of methoxy groups -OCH3 is 1. The zero-order chi connectivity index (χ0) is 14.8. The fourth-order valence-corrected chi connectivity index (χ4v) is 1.89. The number of ketones is 1. The summed E-state index contributed by atoms with van der Waals surface area (Å²) in [6.45, 7) is 1.23. The minimum Gasteiger partial charge on any atom is -0.481 e. The number of carbonyl (C=O) groups is 2. The highest BCUT2D eigenvalue weighted by molar-refractivity contribution is 6.00. The zero-order valence-electron chi connectivity index (χ0n) is 11.7. The van der Waals surface area contributed by atoms with Crippen molar-refractivity contribution in [1.82, 2.24) is 5.32 Å². The van der Waals surface area contributed by atoms with Crippen molar-refractivity contribution in [3.63, 3.8) is 0 Å². The molecule has 5 heteroatoms. The van der Waals surface area contributed by atoms with Crippen molar-refractivity contribution < 1.29 is 19.4 Å². The molecule has 0 aliphatic rings. The Kier molecular flexibility index (Phi) is 7.54. The number of carboxylic acid groups (broad SMARTS) is 1. The van der Waals surface area contributed by atoms with E-state index in [4.69, 9.17) is 9.84 Å². The summed E-state index contributed by atoms with van der Waals surface area (Å²) in [6, 6.07) is 8.46. The highest BCUT2D eigenvalue weighted by Gasteiger charge is 2.20. The second-order valence-corrected chi connectivity index (χ2v) is 4.52. The molecule has 110 valence electrons. The van der Waals surface area contributed by atoms with Crippen LogP contribution in [0.5, 0.6) is 0 Å². The molecule has 1 atom stereocenters. The van der Waals surface area contributed by atoms with E-state index in [-0.39, 0.29) is 18.6 Å². The molecule has 5 nitrogen and oxygen atoms in total. The molecule has 0 aromatic heterocycles. The van der Waals surface area contributed by atoms with Gasteiger partial charge in [-0.15, -0.1) is 0 Å². The van der Waals surface area contributed by atoms with E-state index in [9.17, 15) is 9.59 Å². The summed E-state index contributed by atoms with van der Waals surface area (Å²) in [4.78, 5) is 23.0. The number of ether oxygens (including phenoxy) is 1. The normalized spacial score (nSPS) is 12.1. The molecule has 1 aromatic rings. The first-order valence-corrected chi connectivity index (χ1v) is 6.68. The van der Waals surface area contributed by atoms with Gasteiger partial charge in [0, 0.05) is 25.7 Å². The third kappa shape index (κ3) is 5.95. The molecule has 0 bridgehead atoms. The minimum atomic E-state index is -0.894. The van der Waals surface area contributed by atoms with E-state index in [1.54, 1.807) is 31.4 Å². The molecule has 1 rings (SSSR count). The number of carboxylic acids is 1. The predicted molar refractivity (Wildman–Crippen MR) is 75.9 cm³/mol. The lowest BCUT2D eigenvalue weighted by Gasteiger charge is -2.17. The van der Waals surface area contributed by atoms with Crippen LogP contribution in [0.3, 0.4) is 0 Å². The van der Waals surface area contributed by atoms with E-state index in [2.05, 4.69) is 5.32 Å². The molecular formula is C15H21NO4. The number of benzene rings is 1. The van der Waals surface area contributed by atoms with E-state index in [0.29, 0.717) is 18.7 Å². The summed E-state index contributed by atoms with van der Waals surface area (Å²) >= 11 is 0. The molecule has 0 radical (unpaired) electrons. The topological polar surface area (TPSA) is 75.6 Å². The van der Waals surface area contributed by atoms with Crippen LogP contribution in [-0.4, -0.2) is 43.2 Å². The molecule has 0 spiro atoms. The minimum absolute atomic E-state index is 0.0273. The molecule has 1 unspecified atom stereocenters. The molecule has 20 heavy (non-hydrogen) atoms. The Morgan fingerprint density at radius 2 is 2.00 bits per heavy atom. The molecule has 0 aliphatic heterocycles. The molecule has 0 heterocycles. The number of hydrogen-bond donors (Lipinski definition) is 2. The third-order valence-electron chi connectivity index (χ3n) is 2.94. The van der Waals surface area contributed by atoms with Crippen molar-refractivity contribution in [3.05, 3.63) is 35.9 Å². The van der Waals surface area contributed by atoms with Crippen molar-refractivity contribution >= 4 is 11.8 Å². The van der Waals surface area contributed by atoms with E-state index in [1.165, 1.54) is 0 Å². The van der Waals surface area contributed by atoms with Crippen molar-refractivity contribution in [2.45, 2.75) is 25.3 Å². The van der Waals surface area contributed by atoms with Crippen LogP contribution in [0.2, 0.25) is 0 Å². The first-order chi connectivity index (χ1) is 9.65. The second-order valence-electron chi connectivity index (χ2n) is 4.52. The maximum absolute atomic E-state index is 12.3. The summed E-state index contributed by atoms with van der Waals surface area (Å²) < 4.78 is 4.95. The van der Waals surface area contributed by atoms with Crippen molar-refractivity contribution in [3.8, 4) is 0 Å². The molecule has 0 fully saturated rings. The predicted octanol–water partition coefficient (Wildman–Crippen LogP) is 1.73. The summed E-state index contributed by atoms with van der Waals surface area (Å²) in [5.41, 5.74) is 0.599. The maximum atomic E-state index is 12.3. The van der Waals surface area contributed by atoms with Crippen LogP contribution in [0.4, 0.5) is 0 Å². The fraction of sp³-hybridized carbons (Fsp3) is 0.467. The van der Waals surface area contributed by atoms with Gasteiger partial charge in [-0.25, -0.2) is 0 Å². The standard InChI is InChI=1S/C15H21NO4/c1-20-11-5-10-16-13(8-9-14(17)18)15(19)12-6-3-2-4-7-12/h2-4,6-7,13,16H,5,8-11H2,1H3,(H,17,18). The van der Waals surface area contributed by atoms with Gasteiger partial charge in [0.1, 0.15) is 0 Å². The number of hydrogen-bond acceptors (Lipinski definition) is 4. The Morgan fingerprint density at radius 1 is 1.30 bits per heavy atom.